The molecule has 0 aromatic heterocycles. The molecule has 0 unspecified atom stereocenters. The number of carbonyl (C=O) groups is 1. The summed E-state index contributed by atoms with van der Waals surface area (Å²) in [6, 6.07) is 1.88. The first-order chi connectivity index (χ1) is 7.67. The van der Waals surface area contributed by atoms with Gasteiger partial charge in [-0.05, 0) is 14.0 Å². The number of carbonyl (C=O) groups excluding carboxylic acids is 1. The Balaban J connectivity index is 2.59. The fourth-order valence-corrected chi connectivity index (χ4v) is 1.47. The van der Waals surface area contributed by atoms with Crippen molar-refractivity contribution in [3.05, 3.63) is 11.8 Å². The topological polar surface area (TPSA) is 56.6 Å². The van der Waals surface area contributed by atoms with Gasteiger partial charge in [0.2, 0.25) is 0 Å². The molecule has 88 valence electrons. The fraction of sp³-hybridized carbons (Fsp3) is 0.636. The lowest BCUT2D eigenvalue weighted by Crippen LogP contribution is -2.42. The lowest BCUT2D eigenvalue weighted by atomic mass is 10.3. The van der Waals surface area contributed by atoms with Gasteiger partial charge in [0, 0.05) is 32.4 Å². The molecule has 0 aromatic carbocycles. The molecule has 0 amide bonds. The van der Waals surface area contributed by atoms with Gasteiger partial charge < -0.3 is 14.5 Å². The average molecular weight is 223 g/mol. The van der Waals surface area contributed by atoms with Gasteiger partial charge in [0.1, 0.15) is 6.07 Å². The van der Waals surface area contributed by atoms with E-state index in [1.165, 1.54) is 0 Å². The maximum Gasteiger partial charge on any atom is 0.350 e. The Bertz CT molecular complexity index is 312. The van der Waals surface area contributed by atoms with Gasteiger partial charge in [-0.3, -0.25) is 0 Å². The van der Waals surface area contributed by atoms with E-state index >= 15 is 0 Å². The van der Waals surface area contributed by atoms with Gasteiger partial charge in [0.05, 0.1) is 6.61 Å². The first kappa shape index (κ1) is 12.5. The Morgan fingerprint density at radius 3 is 2.56 bits per heavy atom. The molecule has 0 radical (unpaired) electrons. The summed E-state index contributed by atoms with van der Waals surface area (Å²) in [7, 11) is 2.05. The summed E-state index contributed by atoms with van der Waals surface area (Å²) in [4.78, 5) is 15.6. The summed E-state index contributed by atoms with van der Waals surface area (Å²) >= 11 is 0. The summed E-state index contributed by atoms with van der Waals surface area (Å²) in [5.74, 6) is -0.538. The first-order valence-electron chi connectivity index (χ1n) is 5.39. The predicted octanol–water partition coefficient (Wildman–Crippen LogP) is 0.204. The monoisotopic (exact) mass is 223 g/mol. The molecule has 5 heteroatoms. The van der Waals surface area contributed by atoms with Crippen LogP contribution in [0.25, 0.3) is 0 Å². The highest BCUT2D eigenvalue weighted by atomic mass is 16.5. The Hall–Kier alpha value is -1.54. The molecule has 1 heterocycles. The molecular weight excluding hydrogens is 206 g/mol. The van der Waals surface area contributed by atoms with E-state index in [2.05, 4.69) is 11.9 Å². The molecule has 0 saturated carbocycles. The van der Waals surface area contributed by atoms with Crippen molar-refractivity contribution < 1.29 is 9.53 Å². The van der Waals surface area contributed by atoms with Crippen LogP contribution in [0.1, 0.15) is 6.92 Å². The molecule has 1 fully saturated rings. The Kier molecular flexibility index (Phi) is 4.80. The van der Waals surface area contributed by atoms with Gasteiger partial charge >= 0.3 is 5.97 Å². The van der Waals surface area contributed by atoms with Crippen molar-refractivity contribution in [3.8, 4) is 6.07 Å². The third-order valence-electron chi connectivity index (χ3n) is 2.47. The van der Waals surface area contributed by atoms with Crippen LogP contribution < -0.4 is 0 Å². The van der Waals surface area contributed by atoms with Gasteiger partial charge in [-0.25, -0.2) is 4.79 Å². The third kappa shape index (κ3) is 3.55. The fourth-order valence-electron chi connectivity index (χ4n) is 1.47. The van der Waals surface area contributed by atoms with Gasteiger partial charge in [-0.15, -0.1) is 0 Å². The number of nitrogens with zero attached hydrogens (tertiary/aromatic N) is 3. The minimum atomic E-state index is -0.538. The molecule has 1 aliphatic rings. The van der Waals surface area contributed by atoms with Crippen molar-refractivity contribution in [1.29, 1.82) is 5.26 Å². The van der Waals surface area contributed by atoms with Crippen molar-refractivity contribution in [3.63, 3.8) is 0 Å². The van der Waals surface area contributed by atoms with E-state index < -0.39 is 5.97 Å². The second kappa shape index (κ2) is 6.13. The standard InChI is InChI=1S/C11H17N3O2/c1-3-16-11(15)10(8-12)9-14-6-4-13(2)5-7-14/h9H,3-7H2,1-2H3/b10-9+. The lowest BCUT2D eigenvalue weighted by molar-refractivity contribution is -0.138. The van der Waals surface area contributed by atoms with Crippen LogP contribution in [0.5, 0.6) is 0 Å². The second-order valence-electron chi connectivity index (χ2n) is 3.71. The summed E-state index contributed by atoms with van der Waals surface area (Å²) in [5, 5.41) is 8.85. The van der Waals surface area contributed by atoms with Gasteiger partial charge in [0.15, 0.2) is 5.57 Å². The van der Waals surface area contributed by atoms with E-state index in [0.29, 0.717) is 6.61 Å². The van der Waals surface area contributed by atoms with Gasteiger partial charge in [0.25, 0.3) is 0 Å². The van der Waals surface area contributed by atoms with Crippen molar-refractivity contribution in [2.75, 3.05) is 39.8 Å². The van der Waals surface area contributed by atoms with Crippen molar-refractivity contribution in [1.82, 2.24) is 9.80 Å². The molecule has 1 rings (SSSR count). The molecule has 0 bridgehead atoms. The van der Waals surface area contributed by atoms with E-state index in [1.807, 2.05) is 11.0 Å². The van der Waals surface area contributed by atoms with Crippen LogP contribution in [0.15, 0.2) is 11.8 Å². The van der Waals surface area contributed by atoms with Gasteiger partial charge in [-0.2, -0.15) is 5.26 Å². The first-order valence-corrected chi connectivity index (χ1v) is 5.39. The number of esters is 1. The molecule has 0 N–H and O–H groups in total. The van der Waals surface area contributed by atoms with Crippen LogP contribution in [0.2, 0.25) is 0 Å². The normalized spacial score (nSPS) is 18.1. The number of hydrogen-bond acceptors (Lipinski definition) is 5. The number of hydrogen-bond donors (Lipinski definition) is 0. The maximum absolute atomic E-state index is 11.4. The molecule has 1 saturated heterocycles. The molecule has 0 spiro atoms. The zero-order valence-corrected chi connectivity index (χ0v) is 9.77. The van der Waals surface area contributed by atoms with Gasteiger partial charge in [-0.1, -0.05) is 0 Å². The Morgan fingerprint density at radius 1 is 1.44 bits per heavy atom. The smallest absolute Gasteiger partial charge is 0.350 e. The predicted molar refractivity (Wildman–Crippen MR) is 59.4 cm³/mol. The number of rotatable bonds is 3. The van der Waals surface area contributed by atoms with Crippen LogP contribution in [0.3, 0.4) is 0 Å². The molecule has 0 aliphatic carbocycles. The van der Waals surface area contributed by atoms with E-state index in [-0.39, 0.29) is 5.57 Å². The van der Waals surface area contributed by atoms with Crippen LogP contribution in [-0.2, 0) is 9.53 Å². The number of likely N-dealkylation sites (N-methyl/N-ethyl adjacent to an activating group) is 1. The number of ether oxygens (including phenoxy) is 1. The lowest BCUT2D eigenvalue weighted by Gasteiger charge is -2.31. The zero-order valence-electron chi connectivity index (χ0n) is 9.77. The zero-order chi connectivity index (χ0) is 12.0. The minimum Gasteiger partial charge on any atom is -0.462 e. The minimum absolute atomic E-state index is 0.0754. The highest BCUT2D eigenvalue weighted by Gasteiger charge is 2.15. The van der Waals surface area contributed by atoms with E-state index in [0.717, 1.165) is 26.2 Å². The van der Waals surface area contributed by atoms with Crippen LogP contribution in [0.4, 0.5) is 0 Å². The number of nitriles is 1. The van der Waals surface area contributed by atoms with E-state index in [4.69, 9.17) is 10.00 Å². The summed E-state index contributed by atoms with van der Waals surface area (Å²) in [6.45, 7) is 5.57. The maximum atomic E-state index is 11.4. The molecule has 0 atom stereocenters. The van der Waals surface area contributed by atoms with Crippen LogP contribution in [0, 0.1) is 11.3 Å². The summed E-state index contributed by atoms with van der Waals surface area (Å²) in [5.41, 5.74) is 0.0754. The SMILES string of the molecule is CCOC(=O)/C(C#N)=C/N1CCN(C)CC1. The molecular formula is C11H17N3O2. The number of piperazine rings is 1. The summed E-state index contributed by atoms with van der Waals surface area (Å²) < 4.78 is 4.79. The highest BCUT2D eigenvalue weighted by Crippen LogP contribution is 2.04. The quantitative estimate of drug-likeness (QED) is 0.389. The molecule has 5 nitrogen and oxygen atoms in total. The highest BCUT2D eigenvalue weighted by molar-refractivity contribution is 5.92. The third-order valence-corrected chi connectivity index (χ3v) is 2.47. The largest absolute Gasteiger partial charge is 0.462 e. The van der Waals surface area contributed by atoms with Crippen molar-refractivity contribution in [2.45, 2.75) is 6.92 Å². The second-order valence-corrected chi connectivity index (χ2v) is 3.71. The van der Waals surface area contributed by atoms with E-state index in [1.54, 1.807) is 13.1 Å². The Morgan fingerprint density at radius 2 is 2.06 bits per heavy atom. The van der Waals surface area contributed by atoms with Crippen molar-refractivity contribution in [2.24, 2.45) is 0 Å². The molecule has 16 heavy (non-hydrogen) atoms. The van der Waals surface area contributed by atoms with Crippen LogP contribution in [-0.4, -0.2) is 55.6 Å². The molecule has 1 aliphatic heterocycles. The van der Waals surface area contributed by atoms with Crippen LogP contribution >= 0.6 is 0 Å². The molecule has 0 aromatic rings. The Labute approximate surface area is 95.9 Å². The average Bonchev–Trinajstić information content (AvgIpc) is 2.28. The van der Waals surface area contributed by atoms with Crippen molar-refractivity contribution >= 4 is 5.97 Å². The van der Waals surface area contributed by atoms with E-state index in [9.17, 15) is 4.79 Å². The summed E-state index contributed by atoms with van der Waals surface area (Å²) in [6.07, 6.45) is 1.60.